The Balaban J connectivity index is 2.86. The van der Waals surface area contributed by atoms with Crippen molar-refractivity contribution < 1.29 is 18.4 Å². The minimum atomic E-state index is -1.84. The molecule has 0 aliphatic carbocycles. The van der Waals surface area contributed by atoms with E-state index in [1.54, 1.807) is 19.1 Å². The van der Waals surface area contributed by atoms with Crippen molar-refractivity contribution in [2.75, 3.05) is 13.2 Å². The zero-order valence-electron chi connectivity index (χ0n) is 15.2. The average Bonchev–Trinajstić information content (AvgIpc) is 2.75. The molecule has 136 valence electrons. The van der Waals surface area contributed by atoms with E-state index in [0.717, 1.165) is 4.47 Å². The zero-order valence-corrected chi connectivity index (χ0v) is 19.3. The largest absolute Gasteiger partial charge is 0.463 e. The van der Waals surface area contributed by atoms with Gasteiger partial charge in [0.15, 0.2) is 13.0 Å². The summed E-state index contributed by atoms with van der Waals surface area (Å²) in [7, 11) is -1.84. The van der Waals surface area contributed by atoms with Crippen LogP contribution in [0.2, 0.25) is 18.1 Å². The number of hydrogen-bond donors (Lipinski definition) is 0. The number of carbonyl (C=O) groups excluding carboxylic acids is 1. The van der Waals surface area contributed by atoms with Gasteiger partial charge in [0.1, 0.15) is 5.76 Å². The summed E-state index contributed by atoms with van der Waals surface area (Å²) in [5, 5.41) is 0.136. The molecule has 0 unspecified atom stereocenters. The molecule has 0 spiro atoms. The standard InChI is InChI=1S/C17H26Br2O4Si/c1-7-21-16(20)12(10-13-11-14(18)15(19)23-13)8-9-22-24(5,6)17(2,3)4/h10-11H,7-9H2,1-6H3/b12-10+. The van der Waals surface area contributed by atoms with Crippen LogP contribution in [-0.4, -0.2) is 27.5 Å². The molecule has 0 saturated heterocycles. The van der Waals surface area contributed by atoms with Gasteiger partial charge >= 0.3 is 5.97 Å². The second-order valence-corrected chi connectivity index (χ2v) is 13.4. The Morgan fingerprint density at radius 3 is 2.42 bits per heavy atom. The van der Waals surface area contributed by atoms with Crippen LogP contribution in [0.3, 0.4) is 0 Å². The lowest BCUT2D eigenvalue weighted by Gasteiger charge is -2.36. The van der Waals surface area contributed by atoms with Crippen LogP contribution in [0, 0.1) is 0 Å². The first-order valence-electron chi connectivity index (χ1n) is 7.94. The van der Waals surface area contributed by atoms with Gasteiger partial charge in [0.2, 0.25) is 0 Å². The number of furan rings is 1. The van der Waals surface area contributed by atoms with Crippen LogP contribution in [0.15, 0.2) is 25.2 Å². The van der Waals surface area contributed by atoms with E-state index in [0.29, 0.717) is 35.6 Å². The smallest absolute Gasteiger partial charge is 0.334 e. The van der Waals surface area contributed by atoms with Crippen molar-refractivity contribution >= 4 is 52.2 Å². The predicted molar refractivity (Wildman–Crippen MR) is 106 cm³/mol. The SMILES string of the molecule is CCOC(=O)/C(=C/c1cc(Br)c(Br)o1)CCO[Si](C)(C)C(C)(C)C. The summed E-state index contributed by atoms with van der Waals surface area (Å²) in [6.07, 6.45) is 2.20. The van der Waals surface area contributed by atoms with E-state index in [-0.39, 0.29) is 11.0 Å². The lowest BCUT2D eigenvalue weighted by molar-refractivity contribution is -0.138. The highest BCUT2D eigenvalue weighted by Crippen LogP contribution is 2.36. The maximum atomic E-state index is 12.2. The van der Waals surface area contributed by atoms with Gasteiger partial charge in [0, 0.05) is 18.6 Å². The number of rotatable bonds is 7. The number of hydrogen-bond acceptors (Lipinski definition) is 4. The highest BCUT2D eigenvalue weighted by atomic mass is 79.9. The Labute approximate surface area is 162 Å². The molecule has 0 amide bonds. The van der Waals surface area contributed by atoms with Crippen molar-refractivity contribution in [3.05, 3.63) is 26.5 Å². The fraction of sp³-hybridized carbons (Fsp3) is 0.588. The molecular formula is C17H26Br2O4Si. The summed E-state index contributed by atoms with van der Waals surface area (Å²) in [6, 6.07) is 1.80. The number of ether oxygens (including phenoxy) is 1. The molecule has 0 radical (unpaired) electrons. The molecule has 24 heavy (non-hydrogen) atoms. The summed E-state index contributed by atoms with van der Waals surface area (Å²) in [5.74, 6) is 0.254. The summed E-state index contributed by atoms with van der Waals surface area (Å²) < 4.78 is 18.2. The quantitative estimate of drug-likeness (QED) is 0.265. The van der Waals surface area contributed by atoms with Gasteiger partial charge in [-0.2, -0.15) is 0 Å². The van der Waals surface area contributed by atoms with Crippen molar-refractivity contribution in [2.45, 2.75) is 52.2 Å². The molecule has 7 heteroatoms. The average molecular weight is 482 g/mol. The van der Waals surface area contributed by atoms with Crippen LogP contribution in [0.5, 0.6) is 0 Å². The third-order valence-corrected chi connectivity index (χ3v) is 10.4. The number of carbonyl (C=O) groups is 1. The molecule has 0 aliphatic heterocycles. The molecular weight excluding hydrogens is 456 g/mol. The molecule has 4 nitrogen and oxygen atoms in total. The van der Waals surface area contributed by atoms with E-state index in [2.05, 4.69) is 65.7 Å². The summed E-state index contributed by atoms with van der Waals surface area (Å²) >= 11 is 6.67. The van der Waals surface area contributed by atoms with E-state index in [9.17, 15) is 4.79 Å². The second-order valence-electron chi connectivity index (χ2n) is 7.02. The zero-order chi connectivity index (χ0) is 18.5. The van der Waals surface area contributed by atoms with E-state index in [1.807, 2.05) is 0 Å². The molecule has 0 atom stereocenters. The van der Waals surface area contributed by atoms with Gasteiger partial charge in [-0.05, 0) is 69.1 Å². The first-order chi connectivity index (χ1) is 11.0. The van der Waals surface area contributed by atoms with Crippen LogP contribution < -0.4 is 0 Å². The van der Waals surface area contributed by atoms with Gasteiger partial charge < -0.3 is 13.6 Å². The third-order valence-electron chi connectivity index (χ3n) is 4.16. The Bertz CT molecular complexity index is 581. The van der Waals surface area contributed by atoms with Gasteiger partial charge in [-0.25, -0.2) is 4.79 Å². The van der Waals surface area contributed by atoms with E-state index >= 15 is 0 Å². The maximum Gasteiger partial charge on any atom is 0.334 e. The maximum absolute atomic E-state index is 12.2. The highest BCUT2D eigenvalue weighted by molar-refractivity contribution is 9.13. The van der Waals surface area contributed by atoms with Crippen LogP contribution in [0.4, 0.5) is 0 Å². The Morgan fingerprint density at radius 1 is 1.33 bits per heavy atom. The molecule has 1 aromatic rings. The van der Waals surface area contributed by atoms with Crippen LogP contribution in [0.1, 0.15) is 39.9 Å². The normalized spacial score (nSPS) is 13.2. The summed E-state index contributed by atoms with van der Waals surface area (Å²) in [4.78, 5) is 12.2. The lowest BCUT2D eigenvalue weighted by Crippen LogP contribution is -2.41. The molecule has 0 bridgehead atoms. The Morgan fingerprint density at radius 2 is 1.96 bits per heavy atom. The van der Waals surface area contributed by atoms with E-state index in [4.69, 9.17) is 13.6 Å². The van der Waals surface area contributed by atoms with Crippen molar-refractivity contribution in [2.24, 2.45) is 0 Å². The van der Waals surface area contributed by atoms with Crippen molar-refractivity contribution in [1.29, 1.82) is 0 Å². The molecule has 0 saturated carbocycles. The first kappa shape index (κ1) is 21.7. The topological polar surface area (TPSA) is 48.7 Å². The summed E-state index contributed by atoms with van der Waals surface area (Å²) in [5.41, 5.74) is 0.546. The van der Waals surface area contributed by atoms with Crippen molar-refractivity contribution in [3.8, 4) is 0 Å². The minimum absolute atomic E-state index is 0.136. The summed E-state index contributed by atoms with van der Waals surface area (Å²) in [6.45, 7) is 13.6. The molecule has 1 heterocycles. The van der Waals surface area contributed by atoms with Gasteiger partial charge in [-0.1, -0.05) is 20.8 Å². The number of esters is 1. The molecule has 0 N–H and O–H groups in total. The van der Waals surface area contributed by atoms with E-state index < -0.39 is 8.32 Å². The predicted octanol–water partition coefficient (Wildman–Crippen LogP) is 6.16. The highest BCUT2D eigenvalue weighted by Gasteiger charge is 2.37. The minimum Gasteiger partial charge on any atom is -0.463 e. The van der Waals surface area contributed by atoms with Crippen molar-refractivity contribution in [1.82, 2.24) is 0 Å². The molecule has 0 aromatic carbocycles. The lowest BCUT2D eigenvalue weighted by atomic mass is 10.1. The van der Waals surface area contributed by atoms with Gasteiger partial charge in [0.25, 0.3) is 0 Å². The van der Waals surface area contributed by atoms with Crippen LogP contribution >= 0.6 is 31.9 Å². The second kappa shape index (κ2) is 8.83. The Kier molecular flexibility index (Phi) is 7.97. The first-order valence-corrected chi connectivity index (χ1v) is 12.4. The molecule has 0 fully saturated rings. The van der Waals surface area contributed by atoms with Crippen LogP contribution in [0.25, 0.3) is 6.08 Å². The van der Waals surface area contributed by atoms with Gasteiger partial charge in [0.05, 0.1) is 11.1 Å². The van der Waals surface area contributed by atoms with Crippen molar-refractivity contribution in [3.63, 3.8) is 0 Å². The van der Waals surface area contributed by atoms with E-state index in [1.165, 1.54) is 0 Å². The molecule has 1 rings (SSSR count). The fourth-order valence-corrected chi connectivity index (χ4v) is 3.35. The Hall–Kier alpha value is -0.373. The van der Waals surface area contributed by atoms with Gasteiger partial charge in [-0.15, -0.1) is 0 Å². The molecule has 0 aliphatic rings. The van der Waals surface area contributed by atoms with Gasteiger partial charge in [-0.3, -0.25) is 0 Å². The third kappa shape index (κ3) is 6.17. The van der Waals surface area contributed by atoms with Crippen LogP contribution in [-0.2, 0) is 14.0 Å². The fourth-order valence-electron chi connectivity index (χ4n) is 1.70. The molecule has 1 aromatic heterocycles. The number of halogens is 2. The monoisotopic (exact) mass is 480 g/mol.